The van der Waals surface area contributed by atoms with Crippen molar-refractivity contribution in [2.24, 2.45) is 5.92 Å². The van der Waals surface area contributed by atoms with Gasteiger partial charge in [0, 0.05) is 30.1 Å². The zero-order valence-electron chi connectivity index (χ0n) is 15.1. The molecule has 2 amide bonds. The summed E-state index contributed by atoms with van der Waals surface area (Å²) >= 11 is 1.70. The second kappa shape index (κ2) is 7.80. The predicted octanol–water partition coefficient (Wildman–Crippen LogP) is 4.10. The summed E-state index contributed by atoms with van der Waals surface area (Å²) in [6.07, 6.45) is 3.68. The fourth-order valence-electron chi connectivity index (χ4n) is 4.18. The molecule has 2 aliphatic rings. The van der Waals surface area contributed by atoms with Gasteiger partial charge in [0.1, 0.15) is 5.82 Å². The van der Waals surface area contributed by atoms with Crippen LogP contribution in [0, 0.1) is 11.7 Å². The molecule has 0 radical (unpaired) electrons. The molecule has 0 aliphatic carbocycles. The maximum Gasteiger partial charge on any atom is 0.253 e. The summed E-state index contributed by atoms with van der Waals surface area (Å²) in [6, 6.07) is 9.94. The van der Waals surface area contributed by atoms with Gasteiger partial charge in [0.15, 0.2) is 0 Å². The molecular formula is C21H23FN2O2S. The number of thiophene rings is 1. The lowest BCUT2D eigenvalue weighted by Crippen LogP contribution is -2.46. The quantitative estimate of drug-likeness (QED) is 0.797. The third-order valence-corrected chi connectivity index (χ3v) is 6.53. The molecule has 2 fully saturated rings. The lowest BCUT2D eigenvalue weighted by molar-refractivity contribution is -0.137. The van der Waals surface area contributed by atoms with Gasteiger partial charge in [-0.25, -0.2) is 4.39 Å². The Balaban J connectivity index is 1.45. The molecule has 2 unspecified atom stereocenters. The van der Waals surface area contributed by atoms with Gasteiger partial charge in [0.05, 0.1) is 12.0 Å². The van der Waals surface area contributed by atoms with E-state index < -0.39 is 0 Å². The molecule has 4 rings (SSSR count). The average molecular weight is 386 g/mol. The van der Waals surface area contributed by atoms with E-state index in [1.165, 1.54) is 29.1 Å². The number of amides is 2. The first-order chi connectivity index (χ1) is 13.1. The van der Waals surface area contributed by atoms with Crippen LogP contribution in [0.3, 0.4) is 0 Å². The van der Waals surface area contributed by atoms with Crippen molar-refractivity contribution in [3.8, 4) is 0 Å². The second-order valence-corrected chi connectivity index (χ2v) is 8.28. The molecule has 142 valence electrons. The van der Waals surface area contributed by atoms with Crippen LogP contribution in [0.4, 0.5) is 4.39 Å². The number of nitrogens with zero attached hydrogens (tertiary/aromatic N) is 2. The summed E-state index contributed by atoms with van der Waals surface area (Å²) in [5.74, 6) is -0.457. The Morgan fingerprint density at radius 1 is 1.04 bits per heavy atom. The van der Waals surface area contributed by atoms with Gasteiger partial charge < -0.3 is 9.80 Å². The Kier molecular flexibility index (Phi) is 5.25. The van der Waals surface area contributed by atoms with Gasteiger partial charge in [-0.15, -0.1) is 11.3 Å². The van der Waals surface area contributed by atoms with Crippen molar-refractivity contribution in [3.63, 3.8) is 0 Å². The maximum atomic E-state index is 13.2. The summed E-state index contributed by atoms with van der Waals surface area (Å²) in [4.78, 5) is 30.9. The SMILES string of the molecule is O=C(c1ccc(F)cc1)N1CCCC(C(=O)N2CCCC2c2cccs2)C1. The Morgan fingerprint density at radius 2 is 1.81 bits per heavy atom. The molecular weight excluding hydrogens is 363 g/mol. The van der Waals surface area contributed by atoms with Crippen molar-refractivity contribution in [1.82, 2.24) is 9.80 Å². The Labute approximate surface area is 162 Å². The molecule has 0 bridgehead atoms. The summed E-state index contributed by atoms with van der Waals surface area (Å²) in [7, 11) is 0. The van der Waals surface area contributed by atoms with Gasteiger partial charge in [-0.05, 0) is 61.4 Å². The van der Waals surface area contributed by atoms with Gasteiger partial charge in [-0.1, -0.05) is 6.07 Å². The predicted molar refractivity (Wildman–Crippen MR) is 103 cm³/mol. The molecule has 2 atom stereocenters. The van der Waals surface area contributed by atoms with Crippen molar-refractivity contribution in [2.75, 3.05) is 19.6 Å². The highest BCUT2D eigenvalue weighted by Crippen LogP contribution is 2.36. The van der Waals surface area contributed by atoms with Crippen LogP contribution in [0.2, 0.25) is 0 Å². The van der Waals surface area contributed by atoms with Crippen LogP contribution in [0.25, 0.3) is 0 Å². The molecule has 4 nitrogen and oxygen atoms in total. The van der Waals surface area contributed by atoms with Crippen LogP contribution in [0.1, 0.15) is 47.0 Å². The summed E-state index contributed by atoms with van der Waals surface area (Å²) in [5, 5.41) is 2.06. The molecule has 2 aromatic rings. The van der Waals surface area contributed by atoms with Crippen molar-refractivity contribution in [1.29, 1.82) is 0 Å². The lowest BCUT2D eigenvalue weighted by atomic mass is 9.95. The smallest absolute Gasteiger partial charge is 0.253 e. The summed E-state index contributed by atoms with van der Waals surface area (Å²) in [6.45, 7) is 1.89. The highest BCUT2D eigenvalue weighted by atomic mass is 32.1. The number of rotatable bonds is 3. The molecule has 27 heavy (non-hydrogen) atoms. The molecule has 2 saturated heterocycles. The van der Waals surface area contributed by atoms with E-state index in [1.54, 1.807) is 16.2 Å². The number of benzene rings is 1. The van der Waals surface area contributed by atoms with E-state index in [0.717, 1.165) is 32.2 Å². The largest absolute Gasteiger partial charge is 0.338 e. The highest BCUT2D eigenvalue weighted by molar-refractivity contribution is 7.10. The van der Waals surface area contributed by atoms with E-state index >= 15 is 0 Å². The highest BCUT2D eigenvalue weighted by Gasteiger charge is 2.37. The monoisotopic (exact) mass is 386 g/mol. The topological polar surface area (TPSA) is 40.6 Å². The minimum Gasteiger partial charge on any atom is -0.338 e. The van der Waals surface area contributed by atoms with Gasteiger partial charge in [-0.2, -0.15) is 0 Å². The molecule has 1 aromatic carbocycles. The Bertz CT molecular complexity index is 806. The molecule has 2 aliphatic heterocycles. The van der Waals surface area contributed by atoms with Crippen molar-refractivity contribution in [3.05, 3.63) is 58.0 Å². The standard InChI is InChI=1S/C21H23FN2O2S/c22-17-9-7-15(8-10-17)20(25)23-11-1-4-16(14-23)21(26)24-12-2-5-18(24)19-6-3-13-27-19/h3,6-10,13,16,18H,1-2,4-5,11-12,14H2. The fraction of sp³-hybridized carbons (Fsp3) is 0.429. The molecule has 0 N–H and O–H groups in total. The van der Waals surface area contributed by atoms with E-state index in [0.29, 0.717) is 18.7 Å². The van der Waals surface area contributed by atoms with Crippen LogP contribution >= 0.6 is 11.3 Å². The Morgan fingerprint density at radius 3 is 2.56 bits per heavy atom. The number of carbonyl (C=O) groups excluding carboxylic acids is 2. The molecule has 0 spiro atoms. The minimum atomic E-state index is -0.355. The number of hydrogen-bond acceptors (Lipinski definition) is 3. The van der Waals surface area contributed by atoms with Crippen molar-refractivity contribution < 1.29 is 14.0 Å². The number of piperidine rings is 1. The molecule has 1 aromatic heterocycles. The van der Waals surface area contributed by atoms with E-state index in [9.17, 15) is 14.0 Å². The lowest BCUT2D eigenvalue weighted by Gasteiger charge is -2.35. The first-order valence-electron chi connectivity index (χ1n) is 9.52. The number of halogens is 1. The van der Waals surface area contributed by atoms with Crippen LogP contribution in [0.15, 0.2) is 41.8 Å². The fourth-order valence-corrected chi connectivity index (χ4v) is 5.05. The van der Waals surface area contributed by atoms with Crippen molar-refractivity contribution in [2.45, 2.75) is 31.7 Å². The second-order valence-electron chi connectivity index (χ2n) is 7.30. The number of carbonyl (C=O) groups is 2. The first kappa shape index (κ1) is 18.2. The van der Waals surface area contributed by atoms with Gasteiger partial charge in [0.2, 0.25) is 5.91 Å². The zero-order valence-corrected chi connectivity index (χ0v) is 16.0. The van der Waals surface area contributed by atoms with Gasteiger partial charge in [-0.3, -0.25) is 9.59 Å². The van der Waals surface area contributed by atoms with E-state index in [2.05, 4.69) is 11.4 Å². The normalized spacial score (nSPS) is 22.9. The van der Waals surface area contributed by atoms with Gasteiger partial charge >= 0.3 is 0 Å². The van der Waals surface area contributed by atoms with Crippen molar-refractivity contribution >= 4 is 23.2 Å². The van der Waals surface area contributed by atoms with Gasteiger partial charge in [0.25, 0.3) is 5.91 Å². The number of hydrogen-bond donors (Lipinski definition) is 0. The minimum absolute atomic E-state index is 0.122. The summed E-state index contributed by atoms with van der Waals surface area (Å²) < 4.78 is 13.1. The zero-order chi connectivity index (χ0) is 18.8. The average Bonchev–Trinajstić information content (AvgIpc) is 3.39. The number of likely N-dealkylation sites (tertiary alicyclic amines) is 2. The Hall–Kier alpha value is -2.21. The third kappa shape index (κ3) is 3.76. The first-order valence-corrected chi connectivity index (χ1v) is 10.4. The van der Waals surface area contributed by atoms with Crippen LogP contribution in [-0.2, 0) is 4.79 Å². The van der Waals surface area contributed by atoms with Crippen LogP contribution < -0.4 is 0 Å². The third-order valence-electron chi connectivity index (χ3n) is 5.56. The summed E-state index contributed by atoms with van der Waals surface area (Å²) in [5.41, 5.74) is 0.474. The van der Waals surface area contributed by atoms with Crippen LogP contribution in [-0.4, -0.2) is 41.2 Å². The van der Waals surface area contributed by atoms with E-state index in [1.807, 2.05) is 11.0 Å². The molecule has 3 heterocycles. The van der Waals surface area contributed by atoms with E-state index in [-0.39, 0.29) is 29.6 Å². The van der Waals surface area contributed by atoms with Crippen LogP contribution in [0.5, 0.6) is 0 Å². The molecule has 0 saturated carbocycles. The van der Waals surface area contributed by atoms with E-state index in [4.69, 9.17) is 0 Å². The molecule has 6 heteroatoms. The maximum absolute atomic E-state index is 13.2.